The first-order valence-corrected chi connectivity index (χ1v) is 6.99. The molecule has 0 saturated carbocycles. The molecule has 0 atom stereocenters. The molecule has 0 saturated heterocycles. The van der Waals surface area contributed by atoms with Crippen molar-refractivity contribution in [3.05, 3.63) is 58.6 Å². The lowest BCUT2D eigenvalue weighted by Crippen LogP contribution is -1.99. The third-order valence-electron chi connectivity index (χ3n) is 2.64. The highest BCUT2D eigenvalue weighted by Crippen LogP contribution is 2.31. The highest BCUT2D eigenvalue weighted by Gasteiger charge is 2.04. The minimum Gasteiger partial charge on any atom is -0.481 e. The van der Waals surface area contributed by atoms with Crippen molar-refractivity contribution in [2.24, 2.45) is 0 Å². The minimum atomic E-state index is -0.811. The van der Waals surface area contributed by atoms with Gasteiger partial charge in [-0.1, -0.05) is 35.5 Å². The molecule has 0 aliphatic rings. The average molecular weight is 293 g/mol. The Kier molecular flexibility index (Phi) is 4.51. The number of aliphatic carboxylic acids is 1. The SMILES string of the molecule is Cc1cc(Cl)ccc1Sc1ccc(CC(=O)O)cc1. The Morgan fingerprint density at radius 2 is 1.89 bits per heavy atom. The molecule has 2 aromatic carbocycles. The Morgan fingerprint density at radius 1 is 1.21 bits per heavy atom. The van der Waals surface area contributed by atoms with Gasteiger partial charge in [-0.25, -0.2) is 0 Å². The van der Waals surface area contributed by atoms with E-state index in [-0.39, 0.29) is 6.42 Å². The van der Waals surface area contributed by atoms with Gasteiger partial charge in [-0.15, -0.1) is 0 Å². The van der Waals surface area contributed by atoms with Crippen molar-refractivity contribution >= 4 is 29.3 Å². The number of hydrogen-bond donors (Lipinski definition) is 1. The van der Waals surface area contributed by atoms with Gasteiger partial charge in [0, 0.05) is 14.8 Å². The summed E-state index contributed by atoms with van der Waals surface area (Å²) < 4.78 is 0. The predicted octanol–water partition coefficient (Wildman–Crippen LogP) is 4.43. The smallest absolute Gasteiger partial charge is 0.307 e. The van der Waals surface area contributed by atoms with Crippen molar-refractivity contribution < 1.29 is 9.90 Å². The zero-order valence-corrected chi connectivity index (χ0v) is 12.0. The molecule has 19 heavy (non-hydrogen) atoms. The van der Waals surface area contributed by atoms with Gasteiger partial charge >= 0.3 is 5.97 Å². The van der Waals surface area contributed by atoms with E-state index in [0.29, 0.717) is 0 Å². The van der Waals surface area contributed by atoms with Crippen LogP contribution in [0, 0.1) is 6.92 Å². The Balaban J connectivity index is 2.13. The van der Waals surface area contributed by atoms with Crippen molar-refractivity contribution in [2.45, 2.75) is 23.1 Å². The van der Waals surface area contributed by atoms with Gasteiger partial charge in [0.15, 0.2) is 0 Å². The minimum absolute atomic E-state index is 0.0604. The summed E-state index contributed by atoms with van der Waals surface area (Å²) in [5.41, 5.74) is 1.94. The highest BCUT2D eigenvalue weighted by molar-refractivity contribution is 7.99. The molecule has 1 N–H and O–H groups in total. The lowest BCUT2D eigenvalue weighted by molar-refractivity contribution is -0.136. The quantitative estimate of drug-likeness (QED) is 0.906. The Labute approximate surface area is 121 Å². The zero-order chi connectivity index (χ0) is 13.8. The second-order valence-electron chi connectivity index (χ2n) is 4.23. The molecule has 0 amide bonds. The summed E-state index contributed by atoms with van der Waals surface area (Å²) >= 11 is 7.57. The fraction of sp³-hybridized carbons (Fsp3) is 0.133. The molecule has 0 aliphatic carbocycles. The van der Waals surface area contributed by atoms with Crippen LogP contribution in [0.25, 0.3) is 0 Å². The van der Waals surface area contributed by atoms with Crippen LogP contribution in [0.2, 0.25) is 5.02 Å². The summed E-state index contributed by atoms with van der Waals surface area (Å²) in [6.45, 7) is 2.02. The first-order valence-electron chi connectivity index (χ1n) is 5.79. The van der Waals surface area contributed by atoms with Crippen LogP contribution in [-0.4, -0.2) is 11.1 Å². The molecule has 0 aromatic heterocycles. The number of carboxylic acid groups (broad SMARTS) is 1. The maximum absolute atomic E-state index is 10.6. The van der Waals surface area contributed by atoms with Crippen molar-refractivity contribution in [3.63, 3.8) is 0 Å². The summed E-state index contributed by atoms with van der Waals surface area (Å²) in [4.78, 5) is 12.8. The second-order valence-corrected chi connectivity index (χ2v) is 5.78. The van der Waals surface area contributed by atoms with Gasteiger partial charge in [0.05, 0.1) is 6.42 Å². The molecule has 0 spiro atoms. The monoisotopic (exact) mass is 292 g/mol. The first kappa shape index (κ1) is 14.0. The van der Waals surface area contributed by atoms with E-state index in [1.165, 1.54) is 0 Å². The average Bonchev–Trinajstić information content (AvgIpc) is 2.34. The third kappa shape index (κ3) is 4.01. The van der Waals surface area contributed by atoms with Crippen molar-refractivity contribution in [1.82, 2.24) is 0 Å². The van der Waals surface area contributed by atoms with Crippen LogP contribution < -0.4 is 0 Å². The number of carboxylic acids is 1. The number of benzene rings is 2. The molecule has 2 aromatic rings. The second kappa shape index (κ2) is 6.13. The van der Waals surface area contributed by atoms with Gasteiger partial charge in [-0.05, 0) is 48.4 Å². The van der Waals surface area contributed by atoms with Crippen LogP contribution in [0.4, 0.5) is 0 Å². The summed E-state index contributed by atoms with van der Waals surface area (Å²) in [6.07, 6.45) is 0.0604. The van der Waals surface area contributed by atoms with Crippen LogP contribution in [0.3, 0.4) is 0 Å². The largest absolute Gasteiger partial charge is 0.481 e. The van der Waals surface area contributed by atoms with Gasteiger partial charge in [0.1, 0.15) is 0 Å². The van der Waals surface area contributed by atoms with Gasteiger partial charge in [-0.2, -0.15) is 0 Å². The van der Waals surface area contributed by atoms with E-state index in [0.717, 1.165) is 25.9 Å². The van der Waals surface area contributed by atoms with Gasteiger partial charge in [0.2, 0.25) is 0 Å². The zero-order valence-electron chi connectivity index (χ0n) is 10.4. The number of rotatable bonds is 4. The Morgan fingerprint density at radius 3 is 2.47 bits per heavy atom. The van der Waals surface area contributed by atoms with Crippen LogP contribution in [-0.2, 0) is 11.2 Å². The van der Waals surface area contributed by atoms with Crippen molar-refractivity contribution in [2.75, 3.05) is 0 Å². The summed E-state index contributed by atoms with van der Waals surface area (Å²) in [7, 11) is 0. The topological polar surface area (TPSA) is 37.3 Å². The van der Waals surface area contributed by atoms with Crippen LogP contribution >= 0.6 is 23.4 Å². The molecule has 0 aliphatic heterocycles. The summed E-state index contributed by atoms with van der Waals surface area (Å²) in [6, 6.07) is 13.4. The number of halogens is 1. The number of hydrogen-bond acceptors (Lipinski definition) is 2. The normalized spacial score (nSPS) is 10.4. The van der Waals surface area contributed by atoms with E-state index in [9.17, 15) is 4.79 Å². The Bertz CT molecular complexity index is 594. The predicted molar refractivity (Wildman–Crippen MR) is 78.1 cm³/mol. The van der Waals surface area contributed by atoms with Crippen LogP contribution in [0.1, 0.15) is 11.1 Å². The molecule has 98 valence electrons. The molecular weight excluding hydrogens is 280 g/mol. The molecule has 0 bridgehead atoms. The van der Waals surface area contributed by atoms with Crippen LogP contribution in [0.5, 0.6) is 0 Å². The molecule has 2 nitrogen and oxygen atoms in total. The number of aryl methyl sites for hydroxylation is 1. The van der Waals surface area contributed by atoms with Crippen molar-refractivity contribution in [3.8, 4) is 0 Å². The lowest BCUT2D eigenvalue weighted by Gasteiger charge is -2.06. The standard InChI is InChI=1S/C15H13ClO2S/c1-10-8-12(16)4-7-14(10)19-13-5-2-11(3-6-13)9-15(17)18/h2-8H,9H2,1H3,(H,17,18). The summed E-state index contributed by atoms with van der Waals surface area (Å²) in [5.74, 6) is -0.811. The molecule has 0 fully saturated rings. The molecule has 2 rings (SSSR count). The Hall–Kier alpha value is -1.45. The fourth-order valence-corrected chi connectivity index (χ4v) is 2.81. The molecule has 0 radical (unpaired) electrons. The molecule has 4 heteroatoms. The van der Waals surface area contributed by atoms with E-state index in [2.05, 4.69) is 0 Å². The lowest BCUT2D eigenvalue weighted by atomic mass is 10.2. The van der Waals surface area contributed by atoms with Crippen LogP contribution in [0.15, 0.2) is 52.3 Å². The molecule has 0 unspecified atom stereocenters. The molecular formula is C15H13ClO2S. The van der Waals surface area contributed by atoms with E-state index in [4.69, 9.17) is 16.7 Å². The van der Waals surface area contributed by atoms with E-state index in [1.54, 1.807) is 11.8 Å². The van der Waals surface area contributed by atoms with Gasteiger partial charge in [0.25, 0.3) is 0 Å². The van der Waals surface area contributed by atoms with Gasteiger partial charge in [-0.3, -0.25) is 4.79 Å². The van der Waals surface area contributed by atoms with E-state index >= 15 is 0 Å². The third-order valence-corrected chi connectivity index (χ3v) is 4.06. The number of carbonyl (C=O) groups is 1. The summed E-state index contributed by atoms with van der Waals surface area (Å²) in [5, 5.41) is 9.45. The maximum atomic E-state index is 10.6. The van der Waals surface area contributed by atoms with E-state index in [1.807, 2.05) is 49.4 Å². The maximum Gasteiger partial charge on any atom is 0.307 e. The van der Waals surface area contributed by atoms with E-state index < -0.39 is 5.97 Å². The molecule has 0 heterocycles. The fourth-order valence-electron chi connectivity index (χ4n) is 1.70. The highest BCUT2D eigenvalue weighted by atomic mass is 35.5. The first-order chi connectivity index (χ1) is 9.04. The van der Waals surface area contributed by atoms with Crippen molar-refractivity contribution in [1.29, 1.82) is 0 Å². The van der Waals surface area contributed by atoms with Gasteiger partial charge < -0.3 is 5.11 Å².